The number of hydrogen-bond acceptors (Lipinski definition) is 2. The van der Waals surface area contributed by atoms with Gasteiger partial charge in [0.2, 0.25) is 0 Å². The maximum Gasteiger partial charge on any atom is 0.0688 e. The number of hydrogen-bond donors (Lipinski definition) is 1. The third-order valence-electron chi connectivity index (χ3n) is 3.13. The van der Waals surface area contributed by atoms with Crippen molar-refractivity contribution in [1.29, 1.82) is 0 Å². The van der Waals surface area contributed by atoms with Crippen LogP contribution in [-0.2, 0) is 0 Å². The summed E-state index contributed by atoms with van der Waals surface area (Å²) in [4.78, 5) is 0. The molecule has 1 aliphatic heterocycles. The summed E-state index contributed by atoms with van der Waals surface area (Å²) < 4.78 is 2.17. The van der Waals surface area contributed by atoms with Crippen molar-refractivity contribution < 1.29 is 0 Å². The largest absolute Gasteiger partial charge is 0.315 e. The fourth-order valence-corrected chi connectivity index (χ4v) is 2.29. The lowest BCUT2D eigenvalue weighted by molar-refractivity contribution is 0.506. The molecule has 3 nitrogen and oxygen atoms in total. The fourth-order valence-electron chi connectivity index (χ4n) is 2.29. The maximum absolute atomic E-state index is 4.50. The monoisotopic (exact) mass is 231 g/mol. The van der Waals surface area contributed by atoms with Crippen LogP contribution in [0.2, 0.25) is 0 Å². The molecule has 1 saturated heterocycles. The summed E-state index contributed by atoms with van der Waals surface area (Å²) in [6.45, 7) is 8.28. The van der Waals surface area contributed by atoms with Crippen molar-refractivity contribution in [3.8, 4) is 0 Å². The van der Waals surface area contributed by atoms with Crippen molar-refractivity contribution in [3.63, 3.8) is 0 Å². The predicted molar refractivity (Wildman–Crippen MR) is 72.3 cm³/mol. The van der Waals surface area contributed by atoms with Gasteiger partial charge in [-0.25, -0.2) is 0 Å². The number of aromatic nitrogens is 2. The van der Waals surface area contributed by atoms with E-state index in [1.54, 1.807) is 0 Å². The Labute approximate surface area is 103 Å². The van der Waals surface area contributed by atoms with Crippen LogP contribution in [0.15, 0.2) is 24.4 Å². The van der Waals surface area contributed by atoms with Gasteiger partial charge in [-0.05, 0) is 31.5 Å². The second-order valence-corrected chi connectivity index (χ2v) is 4.30. The molecule has 2 heterocycles. The van der Waals surface area contributed by atoms with Gasteiger partial charge in [-0.1, -0.05) is 26.0 Å². The minimum atomic E-state index is 0.532. The molecule has 1 aromatic heterocycles. The van der Waals surface area contributed by atoms with Crippen LogP contribution in [0.25, 0.3) is 10.9 Å². The Balaban J connectivity index is 0.000000514. The summed E-state index contributed by atoms with van der Waals surface area (Å²) in [5, 5.41) is 9.12. The van der Waals surface area contributed by atoms with Crippen molar-refractivity contribution in [1.82, 2.24) is 15.1 Å². The zero-order valence-corrected chi connectivity index (χ0v) is 10.9. The number of nitrogens with zero attached hydrogens (tertiary/aromatic N) is 2. The molecule has 0 radical (unpaired) electrons. The van der Waals surface area contributed by atoms with Gasteiger partial charge in [-0.15, -0.1) is 0 Å². The average Bonchev–Trinajstić information content (AvgIpc) is 2.98. The van der Waals surface area contributed by atoms with E-state index in [2.05, 4.69) is 40.2 Å². The van der Waals surface area contributed by atoms with Gasteiger partial charge in [-0.3, -0.25) is 4.68 Å². The molecule has 1 aromatic carbocycles. The van der Waals surface area contributed by atoms with E-state index in [-0.39, 0.29) is 0 Å². The van der Waals surface area contributed by atoms with Crippen LogP contribution in [0, 0.1) is 6.92 Å². The van der Waals surface area contributed by atoms with Crippen LogP contribution in [0.3, 0.4) is 0 Å². The topological polar surface area (TPSA) is 29.9 Å². The molecule has 0 amide bonds. The molecule has 17 heavy (non-hydrogen) atoms. The zero-order chi connectivity index (χ0) is 12.3. The Hall–Kier alpha value is -1.35. The van der Waals surface area contributed by atoms with Gasteiger partial charge in [0.15, 0.2) is 0 Å². The van der Waals surface area contributed by atoms with Crippen LogP contribution < -0.4 is 5.32 Å². The SMILES string of the molecule is CC.Cc1ccc2cnn(C3CCNC3)c2c1. The summed E-state index contributed by atoms with van der Waals surface area (Å²) in [7, 11) is 0. The lowest BCUT2D eigenvalue weighted by atomic mass is 10.2. The first kappa shape index (κ1) is 12.1. The Bertz CT molecular complexity index is 481. The first-order valence-corrected chi connectivity index (χ1v) is 6.49. The fraction of sp³-hybridized carbons (Fsp3) is 0.500. The first-order chi connectivity index (χ1) is 8.34. The van der Waals surface area contributed by atoms with Gasteiger partial charge >= 0.3 is 0 Å². The van der Waals surface area contributed by atoms with Crippen LogP contribution in [0.4, 0.5) is 0 Å². The molecule has 0 saturated carbocycles. The van der Waals surface area contributed by atoms with E-state index < -0.39 is 0 Å². The molecule has 2 aromatic rings. The van der Waals surface area contributed by atoms with Gasteiger partial charge in [0.25, 0.3) is 0 Å². The molecule has 3 rings (SSSR count). The van der Waals surface area contributed by atoms with E-state index in [1.807, 2.05) is 20.0 Å². The highest BCUT2D eigenvalue weighted by atomic mass is 15.3. The average molecular weight is 231 g/mol. The number of fused-ring (bicyclic) bond motifs is 1. The van der Waals surface area contributed by atoms with Crippen molar-refractivity contribution in [2.45, 2.75) is 33.2 Å². The molecule has 92 valence electrons. The number of aryl methyl sites for hydroxylation is 1. The van der Waals surface area contributed by atoms with Crippen molar-refractivity contribution in [3.05, 3.63) is 30.0 Å². The third-order valence-corrected chi connectivity index (χ3v) is 3.13. The Morgan fingerprint density at radius 2 is 2.18 bits per heavy atom. The second kappa shape index (κ2) is 5.32. The summed E-state index contributed by atoms with van der Waals surface area (Å²) in [6.07, 6.45) is 3.15. The quantitative estimate of drug-likeness (QED) is 0.818. The van der Waals surface area contributed by atoms with Gasteiger partial charge in [-0.2, -0.15) is 5.10 Å². The van der Waals surface area contributed by atoms with E-state index in [1.165, 1.54) is 22.9 Å². The zero-order valence-electron chi connectivity index (χ0n) is 10.9. The summed E-state index contributed by atoms with van der Waals surface area (Å²) in [5.74, 6) is 0. The van der Waals surface area contributed by atoms with Crippen molar-refractivity contribution in [2.75, 3.05) is 13.1 Å². The second-order valence-electron chi connectivity index (χ2n) is 4.30. The molecule has 3 heteroatoms. The molecule has 0 spiro atoms. The number of benzene rings is 1. The summed E-state index contributed by atoms with van der Waals surface area (Å²) in [5.41, 5.74) is 2.57. The van der Waals surface area contributed by atoms with Gasteiger partial charge in [0.1, 0.15) is 0 Å². The lowest BCUT2D eigenvalue weighted by Gasteiger charge is -2.10. The van der Waals surface area contributed by atoms with E-state index in [0.29, 0.717) is 6.04 Å². The van der Waals surface area contributed by atoms with Crippen LogP contribution >= 0.6 is 0 Å². The third kappa shape index (κ3) is 2.34. The van der Waals surface area contributed by atoms with E-state index in [4.69, 9.17) is 0 Å². The Morgan fingerprint density at radius 1 is 1.35 bits per heavy atom. The highest BCUT2D eigenvalue weighted by Crippen LogP contribution is 2.22. The van der Waals surface area contributed by atoms with Crippen LogP contribution in [0.5, 0.6) is 0 Å². The molecule has 0 aliphatic carbocycles. The highest BCUT2D eigenvalue weighted by molar-refractivity contribution is 5.79. The van der Waals surface area contributed by atoms with E-state index >= 15 is 0 Å². The molecule has 1 aliphatic rings. The van der Waals surface area contributed by atoms with Gasteiger partial charge in [0.05, 0.1) is 17.8 Å². The van der Waals surface area contributed by atoms with Gasteiger partial charge in [0, 0.05) is 11.9 Å². The van der Waals surface area contributed by atoms with Crippen LogP contribution in [0.1, 0.15) is 31.9 Å². The van der Waals surface area contributed by atoms with Gasteiger partial charge < -0.3 is 5.32 Å². The molecule has 1 unspecified atom stereocenters. The maximum atomic E-state index is 4.50. The smallest absolute Gasteiger partial charge is 0.0688 e. The summed E-state index contributed by atoms with van der Waals surface area (Å²) in [6, 6.07) is 7.04. The molecule has 1 atom stereocenters. The van der Waals surface area contributed by atoms with E-state index in [0.717, 1.165) is 13.1 Å². The highest BCUT2D eigenvalue weighted by Gasteiger charge is 2.18. The molecular weight excluding hydrogens is 210 g/mol. The normalized spacial score (nSPS) is 19.1. The first-order valence-electron chi connectivity index (χ1n) is 6.49. The van der Waals surface area contributed by atoms with Crippen LogP contribution in [-0.4, -0.2) is 22.9 Å². The number of rotatable bonds is 1. The van der Waals surface area contributed by atoms with Crippen molar-refractivity contribution in [2.24, 2.45) is 0 Å². The Morgan fingerprint density at radius 3 is 2.88 bits per heavy atom. The summed E-state index contributed by atoms with van der Waals surface area (Å²) >= 11 is 0. The predicted octanol–water partition coefficient (Wildman–Crippen LogP) is 2.91. The standard InChI is InChI=1S/C12H15N3.C2H6/c1-9-2-3-10-7-14-15(12(10)6-9)11-4-5-13-8-11;1-2/h2-3,6-7,11,13H,4-5,8H2,1H3;1-2H3. The Kier molecular flexibility index (Phi) is 3.79. The number of nitrogens with one attached hydrogen (secondary N) is 1. The minimum absolute atomic E-state index is 0.532. The molecule has 1 N–H and O–H groups in total. The minimum Gasteiger partial charge on any atom is -0.315 e. The van der Waals surface area contributed by atoms with Crippen molar-refractivity contribution >= 4 is 10.9 Å². The lowest BCUT2D eigenvalue weighted by Crippen LogP contribution is -2.14. The molecule has 0 bridgehead atoms. The molecule has 1 fully saturated rings. The van der Waals surface area contributed by atoms with E-state index in [9.17, 15) is 0 Å². The molecular formula is C14H21N3.